The van der Waals surface area contributed by atoms with Crippen LogP contribution in [-0.4, -0.2) is 6.29 Å². The molecular weight excluding hydrogens is 136 g/mol. The Bertz CT molecular complexity index is 223. The van der Waals surface area contributed by atoms with Crippen LogP contribution in [0, 0.1) is 0 Å². The lowest BCUT2D eigenvalue weighted by Gasteiger charge is -1.96. The zero-order valence-electron chi connectivity index (χ0n) is 6.63. The average molecular weight is 147 g/mol. The van der Waals surface area contributed by atoms with Crippen LogP contribution in [0.3, 0.4) is 0 Å². The van der Waals surface area contributed by atoms with Gasteiger partial charge < -0.3 is 0 Å². The molecule has 0 N–H and O–H groups in total. The Balaban J connectivity index is 2.74. The van der Waals surface area contributed by atoms with Crippen LogP contribution < -0.4 is 0 Å². The van der Waals surface area contributed by atoms with E-state index in [-0.39, 0.29) is 0 Å². The Morgan fingerprint density at radius 3 is 2.18 bits per heavy atom. The van der Waals surface area contributed by atoms with Crippen molar-refractivity contribution < 1.29 is 4.79 Å². The molecule has 1 nitrogen and oxygen atoms in total. The highest BCUT2D eigenvalue weighted by Gasteiger charge is 1.91. The van der Waals surface area contributed by atoms with Crippen molar-refractivity contribution >= 4 is 6.29 Å². The molecule has 0 aliphatic carbocycles. The molecule has 0 amide bonds. The second kappa shape index (κ2) is 3.91. The van der Waals surface area contributed by atoms with Gasteiger partial charge in [0.1, 0.15) is 0 Å². The SMILES string of the molecule is CCc1ccc(C[C]=O)cc1. The molecule has 0 aliphatic rings. The molecule has 0 aromatic heterocycles. The third kappa shape index (κ3) is 2.19. The molecular formula is C10H11O. The predicted octanol–water partition coefficient (Wildman–Crippen LogP) is 1.90. The molecule has 0 unspecified atom stereocenters. The number of aryl methyl sites for hydroxylation is 1. The van der Waals surface area contributed by atoms with E-state index in [1.807, 2.05) is 30.6 Å². The van der Waals surface area contributed by atoms with E-state index in [1.54, 1.807) is 0 Å². The van der Waals surface area contributed by atoms with Gasteiger partial charge in [0.05, 0.1) is 0 Å². The molecule has 1 heteroatoms. The second-order valence-electron chi connectivity index (χ2n) is 2.49. The fraction of sp³-hybridized carbons (Fsp3) is 0.300. The van der Waals surface area contributed by atoms with Gasteiger partial charge in [-0.1, -0.05) is 31.2 Å². The first-order valence-electron chi connectivity index (χ1n) is 3.79. The minimum Gasteiger partial charge on any atom is -0.291 e. The summed E-state index contributed by atoms with van der Waals surface area (Å²) in [5.41, 5.74) is 2.34. The quantitative estimate of drug-likeness (QED) is 0.638. The molecule has 0 heterocycles. The van der Waals surface area contributed by atoms with Crippen LogP contribution in [0.5, 0.6) is 0 Å². The highest BCUT2D eigenvalue weighted by Crippen LogP contribution is 2.04. The highest BCUT2D eigenvalue weighted by atomic mass is 16.1. The Labute approximate surface area is 67.1 Å². The first-order valence-corrected chi connectivity index (χ1v) is 3.79. The molecule has 0 atom stereocenters. The number of carbonyl (C=O) groups excluding carboxylic acids is 1. The topological polar surface area (TPSA) is 17.1 Å². The summed E-state index contributed by atoms with van der Waals surface area (Å²) in [6.07, 6.45) is 3.32. The lowest BCUT2D eigenvalue weighted by Crippen LogP contribution is -1.86. The van der Waals surface area contributed by atoms with Gasteiger partial charge in [0, 0.05) is 6.42 Å². The minimum absolute atomic E-state index is 0.407. The van der Waals surface area contributed by atoms with Crippen LogP contribution in [0.15, 0.2) is 24.3 Å². The maximum atomic E-state index is 10.0. The van der Waals surface area contributed by atoms with Crippen molar-refractivity contribution in [3.05, 3.63) is 35.4 Å². The van der Waals surface area contributed by atoms with Crippen LogP contribution in [0.4, 0.5) is 0 Å². The molecule has 1 aromatic carbocycles. The summed E-state index contributed by atoms with van der Waals surface area (Å²) in [4.78, 5) is 10.0. The fourth-order valence-corrected chi connectivity index (χ4v) is 0.976. The van der Waals surface area contributed by atoms with Crippen LogP contribution in [0.2, 0.25) is 0 Å². The maximum Gasteiger partial charge on any atom is 0.203 e. The maximum absolute atomic E-state index is 10.0. The summed E-state index contributed by atoms with van der Waals surface area (Å²) in [6, 6.07) is 8.05. The predicted molar refractivity (Wildman–Crippen MR) is 45.2 cm³/mol. The molecule has 0 saturated carbocycles. The highest BCUT2D eigenvalue weighted by molar-refractivity contribution is 5.55. The molecule has 1 rings (SSSR count). The van der Waals surface area contributed by atoms with E-state index in [2.05, 4.69) is 6.92 Å². The van der Waals surface area contributed by atoms with Gasteiger partial charge >= 0.3 is 0 Å². The number of hydrogen-bond acceptors (Lipinski definition) is 1. The van der Waals surface area contributed by atoms with Crippen molar-refractivity contribution in [1.82, 2.24) is 0 Å². The van der Waals surface area contributed by atoms with Crippen LogP contribution in [-0.2, 0) is 17.6 Å². The van der Waals surface area contributed by atoms with Crippen molar-refractivity contribution in [1.29, 1.82) is 0 Å². The van der Waals surface area contributed by atoms with E-state index in [0.717, 1.165) is 12.0 Å². The number of rotatable bonds is 3. The first-order chi connectivity index (χ1) is 5.36. The molecule has 1 radical (unpaired) electrons. The van der Waals surface area contributed by atoms with E-state index >= 15 is 0 Å². The largest absolute Gasteiger partial charge is 0.291 e. The van der Waals surface area contributed by atoms with Gasteiger partial charge in [-0.05, 0) is 17.5 Å². The first kappa shape index (κ1) is 7.99. The minimum atomic E-state index is 0.407. The monoisotopic (exact) mass is 147 g/mol. The zero-order chi connectivity index (χ0) is 8.10. The van der Waals surface area contributed by atoms with Crippen molar-refractivity contribution in [3.63, 3.8) is 0 Å². The Morgan fingerprint density at radius 2 is 1.73 bits per heavy atom. The van der Waals surface area contributed by atoms with Crippen molar-refractivity contribution in [2.45, 2.75) is 19.8 Å². The summed E-state index contributed by atoms with van der Waals surface area (Å²) in [7, 11) is 0. The Hall–Kier alpha value is -1.11. The van der Waals surface area contributed by atoms with Crippen LogP contribution >= 0.6 is 0 Å². The van der Waals surface area contributed by atoms with Crippen molar-refractivity contribution in [2.75, 3.05) is 0 Å². The molecule has 0 aliphatic heterocycles. The van der Waals surface area contributed by atoms with E-state index < -0.39 is 0 Å². The number of hydrogen-bond donors (Lipinski definition) is 0. The molecule has 0 bridgehead atoms. The van der Waals surface area contributed by atoms with Crippen LogP contribution in [0.25, 0.3) is 0 Å². The average Bonchev–Trinajstić information content (AvgIpc) is 2.07. The van der Waals surface area contributed by atoms with Gasteiger partial charge in [-0.3, -0.25) is 4.79 Å². The molecule has 0 spiro atoms. The lowest BCUT2D eigenvalue weighted by atomic mass is 10.1. The van der Waals surface area contributed by atoms with Gasteiger partial charge in [0.15, 0.2) is 0 Å². The standard InChI is InChI=1S/C10H11O/c1-2-9-3-5-10(6-4-9)7-8-11/h3-6H,2,7H2,1H3. The summed E-state index contributed by atoms with van der Waals surface area (Å²) in [5.74, 6) is 0. The third-order valence-corrected chi connectivity index (χ3v) is 1.71. The smallest absolute Gasteiger partial charge is 0.203 e. The van der Waals surface area contributed by atoms with Gasteiger partial charge in [-0.2, -0.15) is 0 Å². The normalized spacial score (nSPS) is 9.55. The molecule has 0 saturated heterocycles. The lowest BCUT2D eigenvalue weighted by molar-refractivity contribution is 0.555. The molecule has 1 aromatic rings. The fourth-order valence-electron chi connectivity index (χ4n) is 0.976. The van der Waals surface area contributed by atoms with Gasteiger partial charge in [0.25, 0.3) is 0 Å². The summed E-state index contributed by atoms with van der Waals surface area (Å²) in [6.45, 7) is 2.11. The van der Waals surface area contributed by atoms with E-state index in [0.29, 0.717) is 6.42 Å². The second-order valence-corrected chi connectivity index (χ2v) is 2.49. The van der Waals surface area contributed by atoms with Crippen LogP contribution in [0.1, 0.15) is 18.1 Å². The number of benzene rings is 1. The summed E-state index contributed by atoms with van der Waals surface area (Å²) < 4.78 is 0. The van der Waals surface area contributed by atoms with Gasteiger partial charge in [-0.15, -0.1) is 0 Å². The van der Waals surface area contributed by atoms with Gasteiger partial charge in [-0.25, -0.2) is 0 Å². The molecule has 0 fully saturated rings. The Kier molecular flexibility index (Phi) is 2.84. The molecule has 11 heavy (non-hydrogen) atoms. The van der Waals surface area contributed by atoms with Gasteiger partial charge in [0.2, 0.25) is 6.29 Å². The van der Waals surface area contributed by atoms with E-state index in [9.17, 15) is 4.79 Å². The summed E-state index contributed by atoms with van der Waals surface area (Å²) in [5, 5.41) is 0. The summed E-state index contributed by atoms with van der Waals surface area (Å²) >= 11 is 0. The van der Waals surface area contributed by atoms with E-state index in [4.69, 9.17) is 0 Å². The Morgan fingerprint density at radius 1 is 1.18 bits per heavy atom. The van der Waals surface area contributed by atoms with Crippen molar-refractivity contribution in [3.8, 4) is 0 Å². The van der Waals surface area contributed by atoms with Crippen molar-refractivity contribution in [2.24, 2.45) is 0 Å². The third-order valence-electron chi connectivity index (χ3n) is 1.71. The molecule has 57 valence electrons. The van der Waals surface area contributed by atoms with E-state index in [1.165, 1.54) is 5.56 Å². The zero-order valence-corrected chi connectivity index (χ0v) is 6.63.